The highest BCUT2D eigenvalue weighted by atomic mass is 16.5. The number of amides is 2. The summed E-state index contributed by atoms with van der Waals surface area (Å²) in [7, 11) is 0. The molecule has 0 aromatic heterocycles. The van der Waals surface area contributed by atoms with Crippen molar-refractivity contribution in [2.24, 2.45) is 0 Å². The van der Waals surface area contributed by atoms with Crippen molar-refractivity contribution >= 4 is 17.6 Å². The molecule has 3 unspecified atom stereocenters. The van der Waals surface area contributed by atoms with Crippen molar-refractivity contribution in [3.63, 3.8) is 0 Å². The number of nitrogens with one attached hydrogen (secondary N) is 2. The van der Waals surface area contributed by atoms with E-state index in [0.717, 1.165) is 5.56 Å². The number of ketones is 1. The van der Waals surface area contributed by atoms with Crippen molar-refractivity contribution in [3.8, 4) is 5.75 Å². The number of benzene rings is 2. The normalized spacial score (nSPS) is 21.5. The van der Waals surface area contributed by atoms with E-state index in [2.05, 4.69) is 31.4 Å². The highest BCUT2D eigenvalue weighted by Gasteiger charge is 2.47. The molecule has 0 saturated carbocycles. The molecule has 0 bridgehead atoms. The van der Waals surface area contributed by atoms with Gasteiger partial charge in [-0.05, 0) is 54.7 Å². The Morgan fingerprint density at radius 3 is 2.24 bits per heavy atom. The van der Waals surface area contributed by atoms with Gasteiger partial charge in [-0.2, -0.15) is 0 Å². The fourth-order valence-corrected chi connectivity index (χ4v) is 3.75. The quantitative estimate of drug-likeness (QED) is 0.625. The van der Waals surface area contributed by atoms with Gasteiger partial charge in [-0.1, -0.05) is 45.0 Å². The summed E-state index contributed by atoms with van der Waals surface area (Å²) < 4.78 is 5.41. The first kappa shape index (κ1) is 24.5. The van der Waals surface area contributed by atoms with Gasteiger partial charge in [0.1, 0.15) is 17.9 Å². The van der Waals surface area contributed by atoms with Gasteiger partial charge in [0.25, 0.3) is 5.91 Å². The van der Waals surface area contributed by atoms with Crippen LogP contribution in [0.1, 0.15) is 62.0 Å². The molecule has 3 N–H and O–H groups in total. The van der Waals surface area contributed by atoms with Gasteiger partial charge >= 0.3 is 0 Å². The topological polar surface area (TPSA) is 105 Å². The summed E-state index contributed by atoms with van der Waals surface area (Å²) in [5, 5.41) is 15.3. The minimum absolute atomic E-state index is 0.0221. The molecule has 3 rings (SSSR count). The molecule has 0 radical (unpaired) electrons. The molecule has 2 amide bonds. The Hall–Kier alpha value is -3.19. The van der Waals surface area contributed by atoms with E-state index in [1.807, 2.05) is 12.1 Å². The second kappa shape index (κ2) is 9.35. The number of ether oxygens (including phenoxy) is 1. The Kier molecular flexibility index (Phi) is 6.93. The van der Waals surface area contributed by atoms with Crippen LogP contribution in [0.15, 0.2) is 48.5 Å². The first-order chi connectivity index (χ1) is 15.4. The molecule has 33 heavy (non-hydrogen) atoms. The predicted molar refractivity (Wildman–Crippen MR) is 125 cm³/mol. The van der Waals surface area contributed by atoms with Gasteiger partial charge in [-0.15, -0.1) is 0 Å². The number of hydrogen-bond acceptors (Lipinski definition) is 5. The Morgan fingerprint density at radius 2 is 1.73 bits per heavy atom. The minimum Gasteiger partial charge on any atom is -0.508 e. The average molecular weight is 453 g/mol. The second-order valence-corrected chi connectivity index (χ2v) is 9.75. The summed E-state index contributed by atoms with van der Waals surface area (Å²) in [6.07, 6.45) is -0.467. The van der Waals surface area contributed by atoms with Crippen molar-refractivity contribution in [3.05, 3.63) is 65.2 Å². The molecule has 1 fully saturated rings. The Morgan fingerprint density at radius 1 is 1.12 bits per heavy atom. The lowest BCUT2D eigenvalue weighted by molar-refractivity contribution is -0.130. The van der Waals surface area contributed by atoms with E-state index >= 15 is 0 Å². The number of aromatic hydroxyl groups is 1. The van der Waals surface area contributed by atoms with E-state index in [9.17, 15) is 19.5 Å². The summed E-state index contributed by atoms with van der Waals surface area (Å²) in [4.78, 5) is 38.4. The van der Waals surface area contributed by atoms with Crippen LogP contribution in [-0.2, 0) is 19.7 Å². The third kappa shape index (κ3) is 5.42. The van der Waals surface area contributed by atoms with E-state index in [1.165, 1.54) is 12.1 Å². The zero-order chi connectivity index (χ0) is 24.4. The summed E-state index contributed by atoms with van der Waals surface area (Å²) >= 11 is 0. The molecule has 1 aliphatic heterocycles. The van der Waals surface area contributed by atoms with Crippen molar-refractivity contribution < 1.29 is 24.2 Å². The standard InChI is InChI=1S/C26H32N2O5/c1-16-26(5,22(30)15-33-16)28-24(32)21(17-8-12-20(29)13-9-17)14-27-23(31)18-6-10-19(11-7-18)25(2,3)4/h6-13,16,21,29H,14-15H2,1-5H3,(H,27,31)(H,28,32). The highest BCUT2D eigenvalue weighted by Crippen LogP contribution is 2.26. The van der Waals surface area contributed by atoms with Crippen LogP contribution in [0.2, 0.25) is 0 Å². The Labute approximate surface area is 194 Å². The molecule has 2 aromatic carbocycles. The first-order valence-electron chi connectivity index (χ1n) is 11.1. The van der Waals surface area contributed by atoms with Crippen LogP contribution in [0, 0.1) is 0 Å². The zero-order valence-corrected chi connectivity index (χ0v) is 19.8. The third-order valence-electron chi connectivity index (χ3n) is 6.33. The van der Waals surface area contributed by atoms with Gasteiger partial charge in [0, 0.05) is 12.1 Å². The maximum Gasteiger partial charge on any atom is 0.251 e. The maximum atomic E-state index is 13.3. The predicted octanol–water partition coefficient (Wildman–Crippen LogP) is 3.07. The van der Waals surface area contributed by atoms with Crippen LogP contribution < -0.4 is 10.6 Å². The molecule has 1 aliphatic rings. The van der Waals surface area contributed by atoms with Gasteiger partial charge in [-0.3, -0.25) is 14.4 Å². The second-order valence-electron chi connectivity index (χ2n) is 9.75. The van der Waals surface area contributed by atoms with Crippen LogP contribution in [0.5, 0.6) is 5.75 Å². The van der Waals surface area contributed by atoms with Gasteiger partial charge < -0.3 is 20.5 Å². The number of rotatable bonds is 6. The van der Waals surface area contributed by atoms with Crippen LogP contribution in [0.25, 0.3) is 0 Å². The lowest BCUT2D eigenvalue weighted by Crippen LogP contribution is -2.57. The lowest BCUT2D eigenvalue weighted by Gasteiger charge is -2.29. The molecular weight excluding hydrogens is 420 g/mol. The molecule has 0 aliphatic carbocycles. The SMILES string of the molecule is CC1OCC(=O)C1(C)NC(=O)C(CNC(=O)c1ccc(C(C)(C)C)cc1)c1ccc(O)cc1. The monoisotopic (exact) mass is 452 g/mol. The Balaban J connectivity index is 1.77. The smallest absolute Gasteiger partial charge is 0.251 e. The number of phenolic OH excluding ortho intramolecular Hbond substituents is 1. The van der Waals surface area contributed by atoms with Gasteiger partial charge in [0.15, 0.2) is 5.78 Å². The van der Waals surface area contributed by atoms with Crippen molar-refractivity contribution in [1.82, 2.24) is 10.6 Å². The van der Waals surface area contributed by atoms with Crippen molar-refractivity contribution in [2.75, 3.05) is 13.2 Å². The molecule has 3 atom stereocenters. The van der Waals surface area contributed by atoms with Gasteiger partial charge in [0.2, 0.25) is 5.91 Å². The summed E-state index contributed by atoms with van der Waals surface area (Å²) in [6, 6.07) is 13.6. The van der Waals surface area contributed by atoms with Crippen LogP contribution in [0.3, 0.4) is 0 Å². The van der Waals surface area contributed by atoms with E-state index in [1.54, 1.807) is 38.1 Å². The molecule has 7 nitrogen and oxygen atoms in total. The molecule has 0 spiro atoms. The van der Waals surface area contributed by atoms with Crippen LogP contribution in [0.4, 0.5) is 0 Å². The van der Waals surface area contributed by atoms with Crippen molar-refractivity contribution in [1.29, 1.82) is 0 Å². The number of Topliss-reactive ketones (excluding diaryl/α,β-unsaturated/α-hetero) is 1. The van der Waals surface area contributed by atoms with E-state index in [-0.39, 0.29) is 36.0 Å². The van der Waals surface area contributed by atoms with E-state index < -0.39 is 23.5 Å². The number of hydrogen-bond donors (Lipinski definition) is 3. The van der Waals surface area contributed by atoms with Crippen LogP contribution in [-0.4, -0.2) is 47.5 Å². The summed E-state index contributed by atoms with van der Waals surface area (Å²) in [6.45, 7) is 9.66. The molecule has 1 saturated heterocycles. The molecule has 2 aromatic rings. The van der Waals surface area contributed by atoms with E-state index in [0.29, 0.717) is 11.1 Å². The highest BCUT2D eigenvalue weighted by molar-refractivity contribution is 5.98. The third-order valence-corrected chi connectivity index (χ3v) is 6.33. The Bertz CT molecular complexity index is 1020. The van der Waals surface area contributed by atoms with Gasteiger partial charge in [0.05, 0.1) is 12.0 Å². The first-order valence-corrected chi connectivity index (χ1v) is 11.1. The molecule has 7 heteroatoms. The molecule has 176 valence electrons. The fourth-order valence-electron chi connectivity index (χ4n) is 3.75. The maximum absolute atomic E-state index is 13.3. The zero-order valence-electron chi connectivity index (χ0n) is 19.8. The number of carbonyl (C=O) groups is 3. The number of phenols is 1. The van der Waals surface area contributed by atoms with Crippen molar-refractivity contribution in [2.45, 2.75) is 57.6 Å². The lowest BCUT2D eigenvalue weighted by atomic mass is 9.86. The minimum atomic E-state index is -1.14. The largest absolute Gasteiger partial charge is 0.508 e. The van der Waals surface area contributed by atoms with Gasteiger partial charge in [-0.25, -0.2) is 0 Å². The summed E-state index contributed by atoms with van der Waals surface area (Å²) in [5.41, 5.74) is 1.06. The number of carbonyl (C=O) groups excluding carboxylic acids is 3. The molecular formula is C26H32N2O5. The fraction of sp³-hybridized carbons (Fsp3) is 0.423. The molecule has 1 heterocycles. The average Bonchev–Trinajstić information content (AvgIpc) is 3.01. The summed E-state index contributed by atoms with van der Waals surface area (Å²) in [5.74, 6) is -1.60. The van der Waals surface area contributed by atoms with Crippen LogP contribution >= 0.6 is 0 Å². The van der Waals surface area contributed by atoms with E-state index in [4.69, 9.17) is 4.74 Å².